The first kappa shape index (κ1) is 12.0. The molecule has 3 heterocycles. The van der Waals surface area contributed by atoms with Gasteiger partial charge in [0.25, 0.3) is 0 Å². The molecule has 0 unspecified atom stereocenters. The van der Waals surface area contributed by atoms with Crippen LogP contribution in [-0.4, -0.2) is 33.3 Å². The molecule has 3 N–H and O–H groups in total. The Morgan fingerprint density at radius 1 is 1.21 bits per heavy atom. The van der Waals surface area contributed by atoms with Gasteiger partial charge in [0.05, 0.1) is 5.69 Å². The minimum Gasteiger partial charge on any atom is -0.368 e. The van der Waals surface area contributed by atoms with E-state index in [-0.39, 0.29) is 0 Å². The molecule has 19 heavy (non-hydrogen) atoms. The summed E-state index contributed by atoms with van der Waals surface area (Å²) in [6.07, 6.45) is 2.42. The second kappa shape index (κ2) is 4.53. The molecule has 0 atom stereocenters. The van der Waals surface area contributed by atoms with Crippen LogP contribution in [0.5, 0.6) is 0 Å². The van der Waals surface area contributed by atoms with Crippen LogP contribution in [-0.2, 0) is 0 Å². The summed E-state index contributed by atoms with van der Waals surface area (Å²) < 4.78 is 0. The largest absolute Gasteiger partial charge is 0.368 e. The van der Waals surface area contributed by atoms with Crippen LogP contribution in [0.1, 0.15) is 24.1 Å². The average molecular weight is 258 g/mol. The molecule has 100 valence electrons. The van der Waals surface area contributed by atoms with Gasteiger partial charge < -0.3 is 10.6 Å². The zero-order chi connectivity index (χ0) is 13.4. The Morgan fingerprint density at radius 2 is 1.95 bits per heavy atom. The highest BCUT2D eigenvalue weighted by atomic mass is 15.2. The molecule has 2 aromatic rings. The Balaban J connectivity index is 2.04. The lowest BCUT2D eigenvalue weighted by Crippen LogP contribution is -2.19. The Hall–Kier alpha value is -2.11. The maximum Gasteiger partial charge on any atom is 0.222 e. The highest BCUT2D eigenvalue weighted by Crippen LogP contribution is 2.26. The van der Waals surface area contributed by atoms with Gasteiger partial charge in [0, 0.05) is 24.8 Å². The number of nitrogens with zero attached hydrogens (tertiary/aromatic N) is 4. The van der Waals surface area contributed by atoms with E-state index in [9.17, 15) is 0 Å². The maximum absolute atomic E-state index is 5.83. The highest BCUT2D eigenvalue weighted by Gasteiger charge is 2.17. The first-order chi connectivity index (χ1) is 9.15. The predicted molar refractivity (Wildman–Crippen MR) is 74.9 cm³/mol. The zero-order valence-electron chi connectivity index (χ0n) is 11.3. The Labute approximate surface area is 112 Å². The second-order valence-electron chi connectivity index (χ2n) is 4.99. The lowest BCUT2D eigenvalue weighted by molar-refractivity contribution is 0.931. The molecule has 0 radical (unpaired) electrons. The van der Waals surface area contributed by atoms with Crippen LogP contribution in [0.15, 0.2) is 6.07 Å². The standard InChI is InChI=1S/C13H18N6/c1-8-9(2)17-18-12(8)10-7-11(16-13(14)15-10)19-5-3-4-6-19/h7H,3-6H2,1-2H3,(H,17,18)(H2,14,15,16). The fraction of sp³-hybridized carbons (Fsp3) is 0.462. The molecular weight excluding hydrogens is 240 g/mol. The summed E-state index contributed by atoms with van der Waals surface area (Å²) in [6, 6.07) is 1.98. The summed E-state index contributed by atoms with van der Waals surface area (Å²) in [5.74, 6) is 1.21. The SMILES string of the molecule is Cc1[nH]nc(-c2cc(N3CCCC3)nc(N)n2)c1C. The molecule has 6 nitrogen and oxygen atoms in total. The summed E-state index contributed by atoms with van der Waals surface area (Å²) in [5, 5.41) is 7.28. The van der Waals surface area contributed by atoms with E-state index < -0.39 is 0 Å². The van der Waals surface area contributed by atoms with Gasteiger partial charge in [-0.15, -0.1) is 0 Å². The smallest absolute Gasteiger partial charge is 0.222 e. The number of H-pyrrole nitrogens is 1. The molecule has 0 saturated carbocycles. The minimum absolute atomic E-state index is 0.305. The number of aromatic nitrogens is 4. The van der Waals surface area contributed by atoms with Gasteiger partial charge in [-0.1, -0.05) is 0 Å². The van der Waals surface area contributed by atoms with Crippen LogP contribution >= 0.6 is 0 Å². The van der Waals surface area contributed by atoms with Crippen molar-refractivity contribution in [2.75, 3.05) is 23.7 Å². The molecule has 6 heteroatoms. The van der Waals surface area contributed by atoms with Gasteiger partial charge >= 0.3 is 0 Å². The number of nitrogens with one attached hydrogen (secondary N) is 1. The third-order valence-corrected chi connectivity index (χ3v) is 3.66. The van der Waals surface area contributed by atoms with Crippen molar-refractivity contribution in [1.82, 2.24) is 20.2 Å². The van der Waals surface area contributed by atoms with Crippen LogP contribution in [0.4, 0.5) is 11.8 Å². The zero-order valence-corrected chi connectivity index (χ0v) is 11.3. The third-order valence-electron chi connectivity index (χ3n) is 3.66. The molecule has 1 saturated heterocycles. The van der Waals surface area contributed by atoms with E-state index in [1.165, 1.54) is 12.8 Å². The van der Waals surface area contributed by atoms with Crippen LogP contribution in [0.3, 0.4) is 0 Å². The topological polar surface area (TPSA) is 83.7 Å². The molecule has 0 amide bonds. The van der Waals surface area contributed by atoms with Gasteiger partial charge in [-0.05, 0) is 32.3 Å². The quantitative estimate of drug-likeness (QED) is 0.856. The molecule has 0 spiro atoms. The van der Waals surface area contributed by atoms with Crippen molar-refractivity contribution in [3.05, 3.63) is 17.3 Å². The van der Waals surface area contributed by atoms with E-state index in [1.807, 2.05) is 19.9 Å². The van der Waals surface area contributed by atoms with Crippen molar-refractivity contribution in [3.8, 4) is 11.4 Å². The van der Waals surface area contributed by atoms with Crippen LogP contribution < -0.4 is 10.6 Å². The fourth-order valence-electron chi connectivity index (χ4n) is 2.42. The number of nitrogens with two attached hydrogens (primary N) is 1. The number of aromatic amines is 1. The summed E-state index contributed by atoms with van der Waals surface area (Å²) in [6.45, 7) is 6.10. The first-order valence-electron chi connectivity index (χ1n) is 6.56. The number of nitrogen functional groups attached to an aromatic ring is 1. The minimum atomic E-state index is 0.305. The molecule has 0 bridgehead atoms. The molecule has 1 aliphatic rings. The average Bonchev–Trinajstić information content (AvgIpc) is 3.01. The second-order valence-corrected chi connectivity index (χ2v) is 4.99. The van der Waals surface area contributed by atoms with Crippen molar-refractivity contribution in [2.24, 2.45) is 0 Å². The van der Waals surface area contributed by atoms with E-state index in [1.54, 1.807) is 0 Å². The molecule has 0 aliphatic carbocycles. The normalized spacial score (nSPS) is 15.2. The Morgan fingerprint density at radius 3 is 2.58 bits per heavy atom. The van der Waals surface area contributed by atoms with Gasteiger partial charge in [-0.2, -0.15) is 10.1 Å². The van der Waals surface area contributed by atoms with E-state index in [0.29, 0.717) is 5.95 Å². The lowest BCUT2D eigenvalue weighted by Gasteiger charge is -2.17. The molecule has 3 rings (SSSR count). The Kier molecular flexibility index (Phi) is 2.85. The van der Waals surface area contributed by atoms with Crippen LogP contribution in [0, 0.1) is 13.8 Å². The number of hydrogen-bond donors (Lipinski definition) is 2. The van der Waals surface area contributed by atoms with E-state index in [0.717, 1.165) is 41.6 Å². The third kappa shape index (κ3) is 2.14. The van der Waals surface area contributed by atoms with Gasteiger partial charge in [0.1, 0.15) is 11.5 Å². The molecular formula is C13H18N6. The molecule has 0 aromatic carbocycles. The van der Waals surface area contributed by atoms with E-state index in [4.69, 9.17) is 5.73 Å². The number of aryl methyl sites for hydroxylation is 1. The number of hydrogen-bond acceptors (Lipinski definition) is 5. The van der Waals surface area contributed by atoms with Gasteiger partial charge in [0.15, 0.2) is 0 Å². The van der Waals surface area contributed by atoms with Gasteiger partial charge in [-0.3, -0.25) is 5.10 Å². The summed E-state index contributed by atoms with van der Waals surface area (Å²) in [4.78, 5) is 10.9. The highest BCUT2D eigenvalue weighted by molar-refractivity contribution is 5.64. The molecule has 1 aliphatic heterocycles. The van der Waals surface area contributed by atoms with Gasteiger partial charge in [-0.25, -0.2) is 4.98 Å². The fourth-order valence-corrected chi connectivity index (χ4v) is 2.42. The van der Waals surface area contributed by atoms with Crippen LogP contribution in [0.2, 0.25) is 0 Å². The predicted octanol–water partition coefficient (Wildman–Crippen LogP) is 1.67. The Bertz CT molecular complexity index is 597. The monoisotopic (exact) mass is 258 g/mol. The molecule has 2 aromatic heterocycles. The first-order valence-corrected chi connectivity index (χ1v) is 6.56. The van der Waals surface area contributed by atoms with Crippen molar-refractivity contribution in [3.63, 3.8) is 0 Å². The number of anilines is 2. The summed E-state index contributed by atoms with van der Waals surface area (Å²) in [5.41, 5.74) is 9.63. The lowest BCUT2D eigenvalue weighted by atomic mass is 10.1. The molecule has 1 fully saturated rings. The van der Waals surface area contributed by atoms with Crippen LogP contribution in [0.25, 0.3) is 11.4 Å². The van der Waals surface area contributed by atoms with Gasteiger partial charge in [0.2, 0.25) is 5.95 Å². The van der Waals surface area contributed by atoms with E-state index >= 15 is 0 Å². The van der Waals surface area contributed by atoms with Crippen molar-refractivity contribution in [1.29, 1.82) is 0 Å². The summed E-state index contributed by atoms with van der Waals surface area (Å²) in [7, 11) is 0. The number of rotatable bonds is 2. The van der Waals surface area contributed by atoms with E-state index in [2.05, 4.69) is 25.1 Å². The van der Waals surface area contributed by atoms with Crippen molar-refractivity contribution < 1.29 is 0 Å². The van der Waals surface area contributed by atoms with Crippen molar-refractivity contribution >= 4 is 11.8 Å². The maximum atomic E-state index is 5.83. The van der Waals surface area contributed by atoms with Crippen molar-refractivity contribution in [2.45, 2.75) is 26.7 Å². The summed E-state index contributed by atoms with van der Waals surface area (Å²) >= 11 is 0.